The van der Waals surface area contributed by atoms with E-state index in [2.05, 4.69) is 5.32 Å². The van der Waals surface area contributed by atoms with E-state index in [0.717, 1.165) is 0 Å². The molecule has 0 saturated carbocycles. The molecule has 2 unspecified atom stereocenters. The van der Waals surface area contributed by atoms with Gasteiger partial charge in [-0.2, -0.15) is 26.3 Å². The van der Waals surface area contributed by atoms with Gasteiger partial charge in [-0.1, -0.05) is 27.2 Å². The van der Waals surface area contributed by atoms with E-state index in [-0.39, 0.29) is 13.0 Å². The van der Waals surface area contributed by atoms with Crippen molar-refractivity contribution >= 4 is 0 Å². The van der Waals surface area contributed by atoms with Crippen LogP contribution < -0.4 is 5.32 Å². The zero-order valence-corrected chi connectivity index (χ0v) is 9.91. The third kappa shape index (κ3) is 4.73. The summed E-state index contributed by atoms with van der Waals surface area (Å²) >= 11 is 0. The van der Waals surface area contributed by atoms with Gasteiger partial charge in [0.05, 0.1) is 0 Å². The van der Waals surface area contributed by atoms with E-state index >= 15 is 0 Å². The van der Waals surface area contributed by atoms with E-state index in [9.17, 15) is 26.3 Å². The summed E-state index contributed by atoms with van der Waals surface area (Å²) in [5, 5.41) is 2.31. The lowest BCUT2D eigenvalue weighted by Gasteiger charge is -2.34. The summed E-state index contributed by atoms with van der Waals surface area (Å²) in [6.45, 7) is 4.51. The Hall–Kier alpha value is -0.460. The zero-order valence-electron chi connectivity index (χ0n) is 9.91. The fourth-order valence-electron chi connectivity index (χ4n) is 1.73. The fraction of sp³-hybridized carbons (Fsp3) is 1.00. The van der Waals surface area contributed by atoms with Gasteiger partial charge in [-0.15, -0.1) is 0 Å². The minimum Gasteiger partial charge on any atom is -0.313 e. The Balaban J connectivity index is 5.23. The molecule has 0 aromatic rings. The van der Waals surface area contributed by atoms with Gasteiger partial charge in [0.15, 0.2) is 5.92 Å². The lowest BCUT2D eigenvalue weighted by Crippen LogP contribution is -2.53. The number of hydrogen-bond acceptors (Lipinski definition) is 1. The molecule has 1 nitrogen and oxygen atoms in total. The molecule has 0 aliphatic rings. The highest BCUT2D eigenvalue weighted by atomic mass is 19.4. The summed E-state index contributed by atoms with van der Waals surface area (Å²) in [7, 11) is 0. The molecule has 2 atom stereocenters. The molecule has 1 N–H and O–H groups in total. The van der Waals surface area contributed by atoms with Gasteiger partial charge >= 0.3 is 12.4 Å². The Morgan fingerprint density at radius 3 is 1.59 bits per heavy atom. The highest BCUT2D eigenvalue weighted by molar-refractivity contribution is 4.89. The maximum atomic E-state index is 12.5. The lowest BCUT2D eigenvalue weighted by molar-refractivity contribution is -0.294. The van der Waals surface area contributed by atoms with Crippen molar-refractivity contribution in [2.45, 2.75) is 45.6 Å². The molecule has 0 aliphatic heterocycles. The number of halogens is 6. The summed E-state index contributed by atoms with van der Waals surface area (Å²) in [4.78, 5) is 0. The topological polar surface area (TPSA) is 12.0 Å². The highest BCUT2D eigenvalue weighted by Crippen LogP contribution is 2.43. The van der Waals surface area contributed by atoms with Crippen LogP contribution in [0.1, 0.15) is 27.2 Å². The van der Waals surface area contributed by atoms with Crippen LogP contribution in [0.2, 0.25) is 0 Å². The molecule has 0 aliphatic carbocycles. The molecule has 0 amide bonds. The van der Waals surface area contributed by atoms with Crippen LogP contribution in [0, 0.1) is 11.8 Å². The molecule has 17 heavy (non-hydrogen) atoms. The molecule has 0 spiro atoms. The Morgan fingerprint density at radius 2 is 1.35 bits per heavy atom. The third-order valence-electron chi connectivity index (χ3n) is 2.76. The standard InChI is InChI=1S/C10H17F6N/c1-4-6(3)7(17-5-2)8(9(11,12)13)10(14,15)16/h6-8,17H,4-5H2,1-3H3. The average molecular weight is 265 g/mol. The zero-order chi connectivity index (χ0) is 13.9. The van der Waals surface area contributed by atoms with E-state index in [4.69, 9.17) is 0 Å². The number of nitrogens with one attached hydrogen (secondary N) is 1. The van der Waals surface area contributed by atoms with E-state index < -0.39 is 30.2 Å². The second-order valence-corrected chi connectivity index (χ2v) is 4.03. The molecular weight excluding hydrogens is 248 g/mol. The molecule has 0 heterocycles. The van der Waals surface area contributed by atoms with Crippen LogP contribution >= 0.6 is 0 Å². The minimum atomic E-state index is -5.28. The summed E-state index contributed by atoms with van der Waals surface area (Å²) in [6, 6.07) is -1.63. The number of alkyl halides is 6. The average Bonchev–Trinajstić information content (AvgIpc) is 2.11. The molecule has 0 bridgehead atoms. The molecule has 0 aromatic carbocycles. The Kier molecular flexibility index (Phi) is 5.77. The van der Waals surface area contributed by atoms with Crippen LogP contribution in [-0.4, -0.2) is 24.9 Å². The van der Waals surface area contributed by atoms with Gasteiger partial charge in [0, 0.05) is 6.04 Å². The molecule has 0 saturated heterocycles. The first-order valence-electron chi connectivity index (χ1n) is 5.42. The van der Waals surface area contributed by atoms with Gasteiger partial charge in [0.1, 0.15) is 0 Å². The first-order chi connectivity index (χ1) is 7.55. The minimum absolute atomic E-state index is 0.0671. The van der Waals surface area contributed by atoms with E-state index in [0.29, 0.717) is 0 Å². The molecule has 104 valence electrons. The molecule has 0 fully saturated rings. The normalized spacial score (nSPS) is 17.3. The number of hydrogen-bond donors (Lipinski definition) is 1. The molecule has 7 heteroatoms. The summed E-state index contributed by atoms with van der Waals surface area (Å²) in [6.07, 6.45) is -10.3. The van der Waals surface area contributed by atoms with Gasteiger partial charge in [0.2, 0.25) is 0 Å². The highest BCUT2D eigenvalue weighted by Gasteiger charge is 2.60. The maximum Gasteiger partial charge on any atom is 0.402 e. The van der Waals surface area contributed by atoms with Crippen molar-refractivity contribution in [2.24, 2.45) is 11.8 Å². The predicted octanol–water partition coefficient (Wildman–Crippen LogP) is 3.75. The summed E-state index contributed by atoms with van der Waals surface area (Å²) in [5.41, 5.74) is 0. The third-order valence-corrected chi connectivity index (χ3v) is 2.76. The van der Waals surface area contributed by atoms with Crippen LogP contribution in [-0.2, 0) is 0 Å². The SMILES string of the molecule is CCNC(C(C)CC)C(C(F)(F)F)C(F)(F)F. The van der Waals surface area contributed by atoms with Crippen molar-refractivity contribution in [3.8, 4) is 0 Å². The van der Waals surface area contributed by atoms with Crippen molar-refractivity contribution in [2.75, 3.05) is 6.54 Å². The van der Waals surface area contributed by atoms with Crippen LogP contribution in [0.5, 0.6) is 0 Å². The van der Waals surface area contributed by atoms with Crippen LogP contribution in [0.3, 0.4) is 0 Å². The first-order valence-corrected chi connectivity index (χ1v) is 5.42. The lowest BCUT2D eigenvalue weighted by atomic mass is 9.86. The monoisotopic (exact) mass is 265 g/mol. The second kappa shape index (κ2) is 5.93. The van der Waals surface area contributed by atoms with Crippen molar-refractivity contribution < 1.29 is 26.3 Å². The van der Waals surface area contributed by atoms with Gasteiger partial charge < -0.3 is 5.32 Å². The van der Waals surface area contributed by atoms with Crippen molar-refractivity contribution in [1.82, 2.24) is 5.32 Å². The van der Waals surface area contributed by atoms with Crippen molar-refractivity contribution in [3.63, 3.8) is 0 Å². The van der Waals surface area contributed by atoms with Crippen LogP contribution in [0.4, 0.5) is 26.3 Å². The maximum absolute atomic E-state index is 12.5. The first kappa shape index (κ1) is 16.5. The van der Waals surface area contributed by atoms with Gasteiger partial charge in [-0.25, -0.2) is 0 Å². The Labute approximate surface area is 96.6 Å². The summed E-state index contributed by atoms with van der Waals surface area (Å²) < 4.78 is 75.2. The molecule has 0 aromatic heterocycles. The fourth-order valence-corrected chi connectivity index (χ4v) is 1.73. The van der Waals surface area contributed by atoms with Crippen molar-refractivity contribution in [3.05, 3.63) is 0 Å². The van der Waals surface area contributed by atoms with Crippen LogP contribution in [0.25, 0.3) is 0 Å². The largest absolute Gasteiger partial charge is 0.402 e. The Morgan fingerprint density at radius 1 is 0.941 bits per heavy atom. The van der Waals surface area contributed by atoms with Crippen molar-refractivity contribution in [1.29, 1.82) is 0 Å². The van der Waals surface area contributed by atoms with Crippen LogP contribution in [0.15, 0.2) is 0 Å². The molecular formula is C10H17F6N. The molecule has 0 rings (SSSR count). The predicted molar refractivity (Wildman–Crippen MR) is 52.5 cm³/mol. The quantitative estimate of drug-likeness (QED) is 0.746. The van der Waals surface area contributed by atoms with E-state index in [1.165, 1.54) is 13.8 Å². The van der Waals surface area contributed by atoms with E-state index in [1.54, 1.807) is 6.92 Å². The summed E-state index contributed by atoms with van der Waals surface area (Å²) in [5.74, 6) is -4.02. The van der Waals surface area contributed by atoms with Gasteiger partial charge in [-0.05, 0) is 12.5 Å². The van der Waals surface area contributed by atoms with Gasteiger partial charge in [-0.3, -0.25) is 0 Å². The number of rotatable bonds is 5. The van der Waals surface area contributed by atoms with E-state index in [1.807, 2.05) is 0 Å². The second-order valence-electron chi connectivity index (χ2n) is 4.03. The van der Waals surface area contributed by atoms with Gasteiger partial charge in [0.25, 0.3) is 0 Å². The Bertz CT molecular complexity index is 208. The molecule has 0 radical (unpaired) electrons. The smallest absolute Gasteiger partial charge is 0.313 e.